The van der Waals surface area contributed by atoms with E-state index in [1.807, 2.05) is 0 Å². The number of amides is 1. The third-order valence-corrected chi connectivity index (χ3v) is 3.04. The average Bonchev–Trinajstić information content (AvgIpc) is 2.81. The van der Waals surface area contributed by atoms with Gasteiger partial charge in [0.2, 0.25) is 5.91 Å². The number of rotatable bonds is 3. The van der Waals surface area contributed by atoms with Crippen LogP contribution in [0.1, 0.15) is 43.1 Å². The van der Waals surface area contributed by atoms with E-state index in [-0.39, 0.29) is 11.7 Å². The molecule has 100 valence electrons. The Bertz CT molecular complexity index is 448. The molecular weight excluding hydrogens is 249 g/mol. The van der Waals surface area contributed by atoms with E-state index in [1.54, 1.807) is 0 Å². The van der Waals surface area contributed by atoms with Crippen molar-refractivity contribution < 1.29 is 18.0 Å². The second-order valence-electron chi connectivity index (χ2n) is 4.41. The maximum atomic E-state index is 13.0. The molecule has 1 aromatic rings. The van der Waals surface area contributed by atoms with Crippen LogP contribution in [0.5, 0.6) is 0 Å². The first-order valence-corrected chi connectivity index (χ1v) is 5.69. The summed E-state index contributed by atoms with van der Waals surface area (Å²) in [6.07, 6.45) is -2.04. The third kappa shape index (κ3) is 2.46. The monoisotopic (exact) mass is 262 g/mol. The van der Waals surface area contributed by atoms with Gasteiger partial charge in [0.05, 0.1) is 12.5 Å². The zero-order valence-electron chi connectivity index (χ0n) is 9.57. The molecule has 0 aromatic carbocycles. The topological polar surface area (TPSA) is 73.8 Å². The number of halogens is 3. The number of alkyl halides is 3. The lowest BCUT2D eigenvalue weighted by Gasteiger charge is -2.15. The SMILES string of the molecule is NC(=O)Cc1nnn(C2CCCC2)c1C(F)(F)F. The van der Waals surface area contributed by atoms with Crippen LogP contribution in [0, 0.1) is 0 Å². The fourth-order valence-corrected chi connectivity index (χ4v) is 2.31. The first kappa shape index (κ1) is 12.8. The molecule has 1 aliphatic rings. The van der Waals surface area contributed by atoms with Gasteiger partial charge in [-0.05, 0) is 12.8 Å². The third-order valence-electron chi connectivity index (χ3n) is 3.04. The number of hydrogen-bond acceptors (Lipinski definition) is 3. The van der Waals surface area contributed by atoms with Crippen molar-refractivity contribution in [3.63, 3.8) is 0 Å². The molecule has 0 atom stereocenters. The minimum atomic E-state index is -4.57. The Morgan fingerprint density at radius 3 is 2.50 bits per heavy atom. The zero-order valence-corrected chi connectivity index (χ0v) is 9.57. The lowest BCUT2D eigenvalue weighted by atomic mass is 10.2. The van der Waals surface area contributed by atoms with E-state index < -0.39 is 24.2 Å². The molecule has 1 aliphatic carbocycles. The van der Waals surface area contributed by atoms with E-state index in [0.29, 0.717) is 12.8 Å². The molecule has 1 heterocycles. The molecule has 18 heavy (non-hydrogen) atoms. The molecule has 0 aliphatic heterocycles. The number of aromatic nitrogens is 3. The summed E-state index contributed by atoms with van der Waals surface area (Å²) < 4.78 is 39.9. The highest BCUT2D eigenvalue weighted by molar-refractivity contribution is 5.76. The van der Waals surface area contributed by atoms with Crippen LogP contribution in [0.15, 0.2) is 0 Å². The van der Waals surface area contributed by atoms with E-state index in [1.165, 1.54) is 0 Å². The largest absolute Gasteiger partial charge is 0.434 e. The minimum absolute atomic E-state index is 0.282. The molecule has 0 radical (unpaired) electrons. The molecule has 0 saturated heterocycles. The van der Waals surface area contributed by atoms with Crippen molar-refractivity contribution in [2.75, 3.05) is 0 Å². The van der Waals surface area contributed by atoms with Crippen LogP contribution in [-0.2, 0) is 17.4 Å². The second kappa shape index (κ2) is 4.58. The number of primary amides is 1. The summed E-state index contributed by atoms with van der Waals surface area (Å²) in [4.78, 5) is 10.8. The van der Waals surface area contributed by atoms with Crippen molar-refractivity contribution in [2.24, 2.45) is 5.73 Å². The average molecular weight is 262 g/mol. The van der Waals surface area contributed by atoms with Crippen LogP contribution >= 0.6 is 0 Å². The molecule has 1 amide bonds. The van der Waals surface area contributed by atoms with Crippen molar-refractivity contribution in [3.05, 3.63) is 11.4 Å². The van der Waals surface area contributed by atoms with Gasteiger partial charge in [-0.1, -0.05) is 18.1 Å². The Hall–Kier alpha value is -1.60. The van der Waals surface area contributed by atoms with Gasteiger partial charge in [0.1, 0.15) is 5.69 Å². The van der Waals surface area contributed by atoms with Crippen molar-refractivity contribution in [2.45, 2.75) is 44.3 Å². The van der Waals surface area contributed by atoms with Crippen LogP contribution in [0.25, 0.3) is 0 Å². The molecule has 2 N–H and O–H groups in total. The Kier molecular flexibility index (Phi) is 3.27. The van der Waals surface area contributed by atoms with Gasteiger partial charge < -0.3 is 5.73 Å². The second-order valence-corrected chi connectivity index (χ2v) is 4.41. The van der Waals surface area contributed by atoms with Gasteiger partial charge in [-0.15, -0.1) is 5.10 Å². The maximum absolute atomic E-state index is 13.0. The molecule has 1 aromatic heterocycles. The molecule has 2 rings (SSSR count). The van der Waals surface area contributed by atoms with E-state index >= 15 is 0 Å². The molecule has 1 fully saturated rings. The summed E-state index contributed by atoms with van der Waals surface area (Å²) in [5.74, 6) is -0.848. The van der Waals surface area contributed by atoms with Crippen LogP contribution in [0.3, 0.4) is 0 Å². The van der Waals surface area contributed by atoms with E-state index in [4.69, 9.17) is 5.73 Å². The normalized spacial score (nSPS) is 17.3. The summed E-state index contributed by atoms with van der Waals surface area (Å²) in [5.41, 5.74) is 3.59. The molecule has 5 nitrogen and oxygen atoms in total. The Labute approximate surface area is 101 Å². The summed E-state index contributed by atoms with van der Waals surface area (Å²) in [6, 6.07) is -0.282. The predicted molar refractivity (Wildman–Crippen MR) is 55.4 cm³/mol. The summed E-state index contributed by atoms with van der Waals surface area (Å²) in [6.45, 7) is 0. The number of hydrogen-bond donors (Lipinski definition) is 1. The van der Waals surface area contributed by atoms with Gasteiger partial charge in [0.25, 0.3) is 0 Å². The van der Waals surface area contributed by atoms with Crippen molar-refractivity contribution >= 4 is 5.91 Å². The Morgan fingerprint density at radius 2 is 2.00 bits per heavy atom. The summed E-state index contributed by atoms with van der Waals surface area (Å²) in [5, 5.41) is 7.02. The Balaban J connectivity index is 2.40. The molecule has 0 unspecified atom stereocenters. The van der Waals surface area contributed by atoms with Crippen molar-refractivity contribution in [1.82, 2.24) is 15.0 Å². The van der Waals surface area contributed by atoms with Crippen LogP contribution in [-0.4, -0.2) is 20.9 Å². The Morgan fingerprint density at radius 1 is 1.39 bits per heavy atom. The van der Waals surface area contributed by atoms with E-state index in [2.05, 4.69) is 10.3 Å². The fourth-order valence-electron chi connectivity index (χ4n) is 2.31. The smallest absolute Gasteiger partial charge is 0.369 e. The van der Waals surface area contributed by atoms with Crippen molar-refractivity contribution in [1.29, 1.82) is 0 Å². The maximum Gasteiger partial charge on any atom is 0.434 e. The summed E-state index contributed by atoms with van der Waals surface area (Å²) >= 11 is 0. The predicted octanol–water partition coefficient (Wildman–Crippen LogP) is 1.44. The van der Waals surface area contributed by atoms with Gasteiger partial charge in [-0.2, -0.15) is 13.2 Å². The van der Waals surface area contributed by atoms with Gasteiger partial charge in [-0.3, -0.25) is 4.79 Å². The lowest BCUT2D eigenvalue weighted by Crippen LogP contribution is -2.22. The van der Waals surface area contributed by atoms with Crippen LogP contribution in [0.4, 0.5) is 13.2 Å². The first-order valence-electron chi connectivity index (χ1n) is 5.69. The number of nitrogens with two attached hydrogens (primary N) is 1. The summed E-state index contributed by atoms with van der Waals surface area (Å²) in [7, 11) is 0. The van der Waals surface area contributed by atoms with E-state index in [9.17, 15) is 18.0 Å². The quantitative estimate of drug-likeness (QED) is 0.895. The highest BCUT2D eigenvalue weighted by atomic mass is 19.4. The fraction of sp³-hybridized carbons (Fsp3) is 0.700. The number of nitrogens with zero attached hydrogens (tertiary/aromatic N) is 3. The van der Waals surface area contributed by atoms with Crippen molar-refractivity contribution in [3.8, 4) is 0 Å². The van der Waals surface area contributed by atoms with Crippen LogP contribution in [0.2, 0.25) is 0 Å². The molecule has 1 saturated carbocycles. The molecule has 0 bridgehead atoms. The number of carbonyl (C=O) groups is 1. The number of carbonyl (C=O) groups excluding carboxylic acids is 1. The standard InChI is InChI=1S/C10H13F3N4O/c11-10(12,13)9-7(5-8(14)18)15-16-17(9)6-3-1-2-4-6/h6H,1-5H2,(H2,14,18). The first-order chi connectivity index (χ1) is 8.39. The van der Waals surface area contributed by atoms with Gasteiger partial charge >= 0.3 is 6.18 Å². The van der Waals surface area contributed by atoms with Gasteiger partial charge in [0.15, 0.2) is 5.69 Å². The molecular formula is C10H13F3N4O. The minimum Gasteiger partial charge on any atom is -0.369 e. The van der Waals surface area contributed by atoms with Gasteiger partial charge in [0, 0.05) is 0 Å². The van der Waals surface area contributed by atoms with Crippen LogP contribution < -0.4 is 5.73 Å². The lowest BCUT2D eigenvalue weighted by molar-refractivity contribution is -0.145. The molecule has 0 spiro atoms. The zero-order chi connectivity index (χ0) is 13.3. The van der Waals surface area contributed by atoms with Gasteiger partial charge in [-0.25, -0.2) is 4.68 Å². The highest BCUT2D eigenvalue weighted by Gasteiger charge is 2.41. The van der Waals surface area contributed by atoms with E-state index in [0.717, 1.165) is 17.5 Å². The highest BCUT2D eigenvalue weighted by Crippen LogP contribution is 2.37. The molecule has 8 heteroatoms.